The number of hydrogen-bond donors (Lipinski definition) is 0. The van der Waals surface area contributed by atoms with Crippen molar-refractivity contribution in [1.82, 2.24) is 0 Å². The lowest BCUT2D eigenvalue weighted by molar-refractivity contribution is -0.116. The third-order valence-corrected chi connectivity index (χ3v) is 7.51. The fraction of sp³-hybridized carbons (Fsp3) is 0.200. The Balaban J connectivity index is 1.81. The van der Waals surface area contributed by atoms with Crippen LogP contribution in [-0.4, -0.2) is 36.8 Å². The molecule has 31 heavy (non-hydrogen) atoms. The van der Waals surface area contributed by atoms with E-state index >= 15 is 0 Å². The van der Waals surface area contributed by atoms with Crippen molar-refractivity contribution in [3.63, 3.8) is 0 Å². The number of methoxy groups -OCH3 is 2. The monoisotopic (exact) mass is 452 g/mol. The van der Waals surface area contributed by atoms with E-state index in [0.717, 1.165) is 32.6 Å². The van der Waals surface area contributed by atoms with Gasteiger partial charge in [0.1, 0.15) is 11.5 Å². The van der Waals surface area contributed by atoms with Gasteiger partial charge in [-0.05, 0) is 47.5 Å². The average Bonchev–Trinajstić information content (AvgIpc) is 3.22. The van der Waals surface area contributed by atoms with Crippen LogP contribution in [0.15, 0.2) is 70.5 Å². The fourth-order valence-electron chi connectivity index (χ4n) is 2.84. The van der Waals surface area contributed by atoms with Gasteiger partial charge >= 0.3 is 0 Å². The summed E-state index contributed by atoms with van der Waals surface area (Å²) in [4.78, 5) is 26.0. The normalized spacial score (nSPS) is 16.1. The summed E-state index contributed by atoms with van der Waals surface area (Å²) in [7, 11) is 3.21. The van der Waals surface area contributed by atoms with Crippen molar-refractivity contribution in [2.45, 2.75) is 12.2 Å². The molecule has 1 fully saturated rings. The first-order valence-electron chi connectivity index (χ1n) is 9.77. The van der Waals surface area contributed by atoms with E-state index in [1.54, 1.807) is 49.9 Å². The number of ketones is 2. The van der Waals surface area contributed by atoms with Gasteiger partial charge in [0.05, 0.1) is 24.0 Å². The lowest BCUT2D eigenvalue weighted by atomic mass is 10.1. The van der Waals surface area contributed by atoms with Crippen molar-refractivity contribution >= 4 is 47.2 Å². The molecule has 0 saturated carbocycles. The van der Waals surface area contributed by atoms with Crippen LogP contribution in [0.4, 0.5) is 0 Å². The van der Waals surface area contributed by atoms with Gasteiger partial charge in [0, 0.05) is 11.0 Å². The molecule has 1 saturated heterocycles. The SMILES string of the molecule is COc1ccc(C=CC(=O)C(C(=O)C=Cc2ccc(OC)cc2)=C2SCC(C)S2)cc1. The number of rotatable bonds is 8. The molecular formula is C25H24O4S2. The Labute approximate surface area is 191 Å². The largest absolute Gasteiger partial charge is 0.497 e. The van der Waals surface area contributed by atoms with Gasteiger partial charge in [-0.25, -0.2) is 0 Å². The maximum Gasteiger partial charge on any atom is 0.191 e. The van der Waals surface area contributed by atoms with Crippen LogP contribution in [0.2, 0.25) is 0 Å². The van der Waals surface area contributed by atoms with Crippen LogP contribution < -0.4 is 9.47 Å². The standard InChI is InChI=1S/C25H24O4S2/c1-17-16-30-25(31-17)24(22(26)14-8-18-4-10-20(28-2)11-5-18)23(27)15-9-19-6-12-21(29-3)13-7-19/h4-15,17H,16H2,1-3H3. The number of hydrogen-bond acceptors (Lipinski definition) is 6. The minimum absolute atomic E-state index is 0.230. The van der Waals surface area contributed by atoms with Gasteiger partial charge in [-0.3, -0.25) is 9.59 Å². The molecule has 4 nitrogen and oxygen atoms in total. The maximum absolute atomic E-state index is 13.0. The van der Waals surface area contributed by atoms with E-state index in [1.165, 1.54) is 12.2 Å². The van der Waals surface area contributed by atoms with E-state index in [0.29, 0.717) is 5.25 Å². The molecule has 0 aromatic heterocycles. The zero-order valence-electron chi connectivity index (χ0n) is 17.7. The van der Waals surface area contributed by atoms with Crippen LogP contribution in [-0.2, 0) is 9.59 Å². The third kappa shape index (κ3) is 6.39. The molecule has 160 valence electrons. The van der Waals surface area contributed by atoms with Crippen molar-refractivity contribution < 1.29 is 19.1 Å². The second-order valence-corrected chi connectivity index (χ2v) is 9.58. The van der Waals surface area contributed by atoms with Crippen molar-refractivity contribution in [2.24, 2.45) is 0 Å². The number of carbonyl (C=O) groups is 2. The number of carbonyl (C=O) groups excluding carboxylic acids is 2. The van der Waals surface area contributed by atoms with Gasteiger partial charge in [-0.2, -0.15) is 0 Å². The minimum atomic E-state index is -0.288. The van der Waals surface area contributed by atoms with Crippen LogP contribution in [0.25, 0.3) is 12.2 Å². The molecule has 2 aromatic carbocycles. The van der Waals surface area contributed by atoms with E-state index in [-0.39, 0.29) is 17.1 Å². The van der Waals surface area contributed by atoms with Crippen LogP contribution in [0.3, 0.4) is 0 Å². The molecule has 1 unspecified atom stereocenters. The Morgan fingerprint density at radius 3 is 1.65 bits per heavy atom. The van der Waals surface area contributed by atoms with Gasteiger partial charge in [0.15, 0.2) is 11.6 Å². The molecular weight excluding hydrogens is 428 g/mol. The Morgan fingerprint density at radius 2 is 1.29 bits per heavy atom. The predicted molar refractivity (Wildman–Crippen MR) is 131 cm³/mol. The predicted octanol–water partition coefficient (Wildman–Crippen LogP) is 5.65. The summed E-state index contributed by atoms with van der Waals surface area (Å²) in [5.41, 5.74) is 1.95. The first-order chi connectivity index (χ1) is 15.0. The second kappa shape index (κ2) is 11.1. The molecule has 0 bridgehead atoms. The molecule has 0 radical (unpaired) electrons. The molecule has 1 heterocycles. The summed E-state index contributed by atoms with van der Waals surface area (Å²) in [6, 6.07) is 14.8. The molecule has 1 aliphatic heterocycles. The summed E-state index contributed by atoms with van der Waals surface area (Å²) >= 11 is 3.15. The van der Waals surface area contributed by atoms with Gasteiger partial charge in [-0.1, -0.05) is 43.3 Å². The van der Waals surface area contributed by atoms with Crippen molar-refractivity contribution in [3.8, 4) is 11.5 Å². The molecule has 3 rings (SSSR count). The van der Waals surface area contributed by atoms with E-state index in [9.17, 15) is 9.59 Å². The molecule has 1 atom stereocenters. The number of ether oxygens (including phenoxy) is 2. The molecule has 0 aliphatic carbocycles. The lowest BCUT2D eigenvalue weighted by Gasteiger charge is -2.05. The molecule has 0 spiro atoms. The van der Waals surface area contributed by atoms with E-state index < -0.39 is 0 Å². The van der Waals surface area contributed by atoms with Gasteiger partial charge in [0.25, 0.3) is 0 Å². The van der Waals surface area contributed by atoms with Crippen LogP contribution >= 0.6 is 23.5 Å². The van der Waals surface area contributed by atoms with Gasteiger partial charge in [0.2, 0.25) is 0 Å². The third-order valence-electron chi connectivity index (χ3n) is 4.54. The fourth-order valence-corrected chi connectivity index (χ4v) is 5.70. The highest BCUT2D eigenvalue weighted by molar-refractivity contribution is 8.25. The highest BCUT2D eigenvalue weighted by atomic mass is 32.2. The highest BCUT2D eigenvalue weighted by Gasteiger charge is 2.26. The summed E-state index contributed by atoms with van der Waals surface area (Å²) in [5.74, 6) is 1.80. The summed E-state index contributed by atoms with van der Waals surface area (Å²) in [6.07, 6.45) is 6.37. The Morgan fingerprint density at radius 1 is 0.839 bits per heavy atom. The highest BCUT2D eigenvalue weighted by Crippen LogP contribution is 2.44. The minimum Gasteiger partial charge on any atom is -0.497 e. The van der Waals surface area contributed by atoms with Gasteiger partial charge in [-0.15, -0.1) is 23.5 Å². The van der Waals surface area contributed by atoms with Crippen molar-refractivity contribution in [3.05, 3.63) is 81.6 Å². The zero-order valence-corrected chi connectivity index (χ0v) is 19.3. The summed E-state index contributed by atoms with van der Waals surface area (Å²) in [6.45, 7) is 2.09. The lowest BCUT2D eigenvalue weighted by Crippen LogP contribution is -2.10. The molecule has 1 aliphatic rings. The first-order valence-corrected chi connectivity index (χ1v) is 11.6. The summed E-state index contributed by atoms with van der Waals surface area (Å²) in [5, 5.41) is 0.367. The smallest absolute Gasteiger partial charge is 0.191 e. The second-order valence-electron chi connectivity index (χ2n) is 6.84. The van der Waals surface area contributed by atoms with E-state index in [1.807, 2.05) is 48.5 Å². The Hall–Kier alpha value is -2.70. The number of benzene rings is 2. The topological polar surface area (TPSA) is 52.6 Å². The van der Waals surface area contributed by atoms with E-state index in [2.05, 4.69) is 6.92 Å². The number of thioether (sulfide) groups is 2. The summed E-state index contributed by atoms with van der Waals surface area (Å²) < 4.78 is 11.1. The molecule has 2 aromatic rings. The quantitative estimate of drug-likeness (QED) is 0.293. The average molecular weight is 453 g/mol. The van der Waals surface area contributed by atoms with Gasteiger partial charge < -0.3 is 9.47 Å². The molecule has 0 amide bonds. The van der Waals surface area contributed by atoms with Crippen molar-refractivity contribution in [1.29, 1.82) is 0 Å². The van der Waals surface area contributed by atoms with Crippen LogP contribution in [0.1, 0.15) is 18.1 Å². The van der Waals surface area contributed by atoms with Crippen molar-refractivity contribution in [2.75, 3.05) is 20.0 Å². The van der Waals surface area contributed by atoms with E-state index in [4.69, 9.17) is 9.47 Å². The Kier molecular flexibility index (Phi) is 8.20. The van der Waals surface area contributed by atoms with Crippen LogP contribution in [0, 0.1) is 0 Å². The Bertz CT molecular complexity index is 947. The molecule has 0 N–H and O–H groups in total. The zero-order chi connectivity index (χ0) is 22.2. The first kappa shape index (κ1) is 23.0. The maximum atomic E-state index is 13.0. The molecule has 6 heteroatoms. The number of allylic oxidation sites excluding steroid dienone is 3. The van der Waals surface area contributed by atoms with Crippen LogP contribution in [0.5, 0.6) is 11.5 Å².